The van der Waals surface area contributed by atoms with Gasteiger partial charge in [0.2, 0.25) is 0 Å². The van der Waals surface area contributed by atoms with Crippen molar-refractivity contribution in [1.29, 1.82) is 0 Å². The summed E-state index contributed by atoms with van der Waals surface area (Å²) in [5.74, 6) is 0.249. The third-order valence-electron chi connectivity index (χ3n) is 2.26. The minimum absolute atomic E-state index is 0.158. The number of carbonyl (C=O) groups is 1. The van der Waals surface area contributed by atoms with Gasteiger partial charge in [-0.3, -0.25) is 4.79 Å². The van der Waals surface area contributed by atoms with Gasteiger partial charge in [0.25, 0.3) is 5.91 Å². The smallest absolute Gasteiger partial charge is 0.274 e. The molecule has 18 heavy (non-hydrogen) atoms. The highest BCUT2D eigenvalue weighted by Gasteiger charge is 2.16. The Labute approximate surface area is 105 Å². The summed E-state index contributed by atoms with van der Waals surface area (Å²) in [4.78, 5) is 21.4. The zero-order chi connectivity index (χ0) is 13.4. The number of hydrogen-bond donors (Lipinski definition) is 3. The Hall–Kier alpha value is -1.73. The van der Waals surface area contributed by atoms with Gasteiger partial charge in [0.15, 0.2) is 0 Å². The van der Waals surface area contributed by atoms with E-state index in [1.807, 2.05) is 6.92 Å². The van der Waals surface area contributed by atoms with Gasteiger partial charge in [0.05, 0.1) is 25.6 Å². The minimum Gasteiger partial charge on any atom is -0.395 e. The fourth-order valence-electron chi connectivity index (χ4n) is 1.43. The monoisotopic (exact) mass is 254 g/mol. The van der Waals surface area contributed by atoms with Crippen LogP contribution in [0, 0.1) is 0 Å². The molecule has 0 aliphatic carbocycles. The van der Waals surface area contributed by atoms with Gasteiger partial charge in [0.1, 0.15) is 11.5 Å². The largest absolute Gasteiger partial charge is 0.395 e. The molecule has 0 aliphatic rings. The molecule has 0 fully saturated rings. The lowest BCUT2D eigenvalue weighted by molar-refractivity contribution is 0.0678. The van der Waals surface area contributed by atoms with Crippen LogP contribution in [0.15, 0.2) is 12.4 Å². The molecular formula is C11H18N4O3. The maximum atomic E-state index is 12.0. The van der Waals surface area contributed by atoms with Crippen LogP contribution >= 0.6 is 0 Å². The van der Waals surface area contributed by atoms with E-state index in [2.05, 4.69) is 15.3 Å². The third kappa shape index (κ3) is 3.94. The molecule has 0 atom stereocenters. The normalized spacial score (nSPS) is 10.2. The molecule has 1 aromatic rings. The standard InChI is InChI=1S/C11H18N4O3/c1-2-12-10-8-13-9(7-14-10)11(18)15(3-5-16)4-6-17/h7-8,16-17H,2-6H2,1H3,(H,12,14). The lowest BCUT2D eigenvalue weighted by atomic mass is 10.3. The summed E-state index contributed by atoms with van der Waals surface area (Å²) < 4.78 is 0. The lowest BCUT2D eigenvalue weighted by Gasteiger charge is -2.19. The second-order valence-corrected chi connectivity index (χ2v) is 3.56. The molecule has 7 heteroatoms. The molecule has 3 N–H and O–H groups in total. The molecule has 0 aliphatic heterocycles. The van der Waals surface area contributed by atoms with Crippen molar-refractivity contribution in [2.24, 2.45) is 0 Å². The van der Waals surface area contributed by atoms with Gasteiger partial charge in [-0.25, -0.2) is 9.97 Å². The van der Waals surface area contributed by atoms with E-state index in [0.717, 1.165) is 6.54 Å². The Morgan fingerprint density at radius 3 is 2.39 bits per heavy atom. The van der Waals surface area contributed by atoms with Crippen LogP contribution in [0.5, 0.6) is 0 Å². The summed E-state index contributed by atoms with van der Waals surface area (Å²) in [5, 5.41) is 20.7. The maximum absolute atomic E-state index is 12.0. The molecule has 0 saturated heterocycles. The molecule has 0 spiro atoms. The molecule has 100 valence electrons. The van der Waals surface area contributed by atoms with Gasteiger partial charge >= 0.3 is 0 Å². The lowest BCUT2D eigenvalue weighted by Crippen LogP contribution is -2.36. The van der Waals surface area contributed by atoms with Crippen molar-refractivity contribution in [2.75, 3.05) is 38.2 Å². The van der Waals surface area contributed by atoms with Gasteiger partial charge in [0, 0.05) is 19.6 Å². The van der Waals surface area contributed by atoms with E-state index in [1.54, 1.807) is 0 Å². The summed E-state index contributed by atoms with van der Waals surface area (Å²) in [5.41, 5.74) is 0.193. The van der Waals surface area contributed by atoms with Gasteiger partial charge in [-0.15, -0.1) is 0 Å². The molecule has 7 nitrogen and oxygen atoms in total. The molecule has 1 heterocycles. The van der Waals surface area contributed by atoms with Crippen LogP contribution in [0.2, 0.25) is 0 Å². The topological polar surface area (TPSA) is 98.6 Å². The molecule has 0 aromatic carbocycles. The van der Waals surface area contributed by atoms with Crippen molar-refractivity contribution in [1.82, 2.24) is 14.9 Å². The first-order valence-electron chi connectivity index (χ1n) is 5.79. The Bertz CT molecular complexity index is 363. The van der Waals surface area contributed by atoms with Crippen LogP contribution in [0.4, 0.5) is 5.82 Å². The molecule has 0 unspecified atom stereocenters. The Balaban J connectivity index is 2.74. The SMILES string of the molecule is CCNc1cnc(C(=O)N(CCO)CCO)cn1. The van der Waals surface area contributed by atoms with E-state index in [9.17, 15) is 4.79 Å². The summed E-state index contributed by atoms with van der Waals surface area (Å²) in [6.45, 7) is 2.67. The fourth-order valence-corrected chi connectivity index (χ4v) is 1.43. The number of nitrogens with one attached hydrogen (secondary N) is 1. The average Bonchev–Trinajstić information content (AvgIpc) is 2.39. The number of carbonyl (C=O) groups excluding carboxylic acids is 1. The second kappa shape index (κ2) is 7.57. The highest BCUT2D eigenvalue weighted by atomic mass is 16.3. The van der Waals surface area contributed by atoms with E-state index in [-0.39, 0.29) is 37.9 Å². The van der Waals surface area contributed by atoms with Crippen molar-refractivity contribution in [2.45, 2.75) is 6.92 Å². The predicted molar refractivity (Wildman–Crippen MR) is 66.3 cm³/mol. The van der Waals surface area contributed by atoms with Crippen LogP contribution in [0.1, 0.15) is 17.4 Å². The Morgan fingerprint density at radius 1 is 1.28 bits per heavy atom. The van der Waals surface area contributed by atoms with Gasteiger partial charge in [-0.2, -0.15) is 0 Å². The predicted octanol–water partition coefficient (Wildman–Crippen LogP) is -0.665. The summed E-state index contributed by atoms with van der Waals surface area (Å²) >= 11 is 0. The van der Waals surface area contributed by atoms with E-state index in [1.165, 1.54) is 17.3 Å². The van der Waals surface area contributed by atoms with E-state index < -0.39 is 0 Å². The van der Waals surface area contributed by atoms with Gasteiger partial charge < -0.3 is 20.4 Å². The molecule has 1 aromatic heterocycles. The second-order valence-electron chi connectivity index (χ2n) is 3.56. The van der Waals surface area contributed by atoms with E-state index in [4.69, 9.17) is 10.2 Å². The minimum atomic E-state index is -0.353. The van der Waals surface area contributed by atoms with Crippen LogP contribution in [0.3, 0.4) is 0 Å². The summed E-state index contributed by atoms with van der Waals surface area (Å²) in [7, 11) is 0. The Kier molecular flexibility index (Phi) is 6.03. The molecule has 1 rings (SSSR count). The quantitative estimate of drug-likeness (QED) is 0.597. The summed E-state index contributed by atoms with van der Waals surface area (Å²) in [6.07, 6.45) is 2.86. The number of aliphatic hydroxyl groups excluding tert-OH is 2. The van der Waals surface area contributed by atoms with Gasteiger partial charge in [-0.05, 0) is 6.92 Å². The number of nitrogens with zero attached hydrogens (tertiary/aromatic N) is 3. The highest BCUT2D eigenvalue weighted by molar-refractivity contribution is 5.92. The van der Waals surface area contributed by atoms with Crippen LogP contribution in [-0.2, 0) is 0 Å². The molecular weight excluding hydrogens is 236 g/mol. The first kappa shape index (κ1) is 14.3. The Morgan fingerprint density at radius 2 is 1.94 bits per heavy atom. The number of amides is 1. The van der Waals surface area contributed by atoms with Crippen LogP contribution in [0.25, 0.3) is 0 Å². The van der Waals surface area contributed by atoms with E-state index >= 15 is 0 Å². The van der Waals surface area contributed by atoms with Crippen LogP contribution in [-0.4, -0.2) is 63.8 Å². The molecule has 0 radical (unpaired) electrons. The fraction of sp³-hybridized carbons (Fsp3) is 0.545. The number of aliphatic hydroxyl groups is 2. The number of rotatable bonds is 7. The van der Waals surface area contributed by atoms with E-state index in [0.29, 0.717) is 5.82 Å². The summed E-state index contributed by atoms with van der Waals surface area (Å²) in [6, 6.07) is 0. The number of aromatic nitrogens is 2. The van der Waals surface area contributed by atoms with Crippen molar-refractivity contribution in [3.8, 4) is 0 Å². The zero-order valence-electron chi connectivity index (χ0n) is 10.3. The first-order chi connectivity index (χ1) is 8.72. The number of hydrogen-bond acceptors (Lipinski definition) is 6. The highest BCUT2D eigenvalue weighted by Crippen LogP contribution is 2.04. The zero-order valence-corrected chi connectivity index (χ0v) is 10.3. The van der Waals surface area contributed by atoms with Crippen molar-refractivity contribution in [3.63, 3.8) is 0 Å². The van der Waals surface area contributed by atoms with Crippen molar-refractivity contribution < 1.29 is 15.0 Å². The molecule has 0 saturated carbocycles. The average molecular weight is 254 g/mol. The maximum Gasteiger partial charge on any atom is 0.274 e. The van der Waals surface area contributed by atoms with Crippen molar-refractivity contribution >= 4 is 11.7 Å². The number of anilines is 1. The third-order valence-corrected chi connectivity index (χ3v) is 2.26. The van der Waals surface area contributed by atoms with Crippen molar-refractivity contribution in [3.05, 3.63) is 18.1 Å². The molecule has 1 amide bonds. The molecule has 0 bridgehead atoms. The first-order valence-corrected chi connectivity index (χ1v) is 5.79. The van der Waals surface area contributed by atoms with Gasteiger partial charge in [-0.1, -0.05) is 0 Å². The van der Waals surface area contributed by atoms with Crippen LogP contribution < -0.4 is 5.32 Å².